The zero-order valence-corrected chi connectivity index (χ0v) is 12.8. The molecule has 21 heavy (non-hydrogen) atoms. The summed E-state index contributed by atoms with van der Waals surface area (Å²) in [6, 6.07) is 12.8. The highest BCUT2D eigenvalue weighted by molar-refractivity contribution is 5.44. The normalized spacial score (nSPS) is 12.2. The van der Waals surface area contributed by atoms with Crippen molar-refractivity contribution in [1.29, 1.82) is 0 Å². The third-order valence-corrected chi connectivity index (χ3v) is 3.62. The highest BCUT2D eigenvalue weighted by Gasteiger charge is 2.22. The molecule has 0 bridgehead atoms. The summed E-state index contributed by atoms with van der Waals surface area (Å²) in [4.78, 5) is 0. The molecule has 3 heteroatoms. The summed E-state index contributed by atoms with van der Waals surface area (Å²) in [5.41, 5.74) is 2.79. The van der Waals surface area contributed by atoms with Crippen LogP contribution in [-0.2, 0) is 0 Å². The first-order chi connectivity index (χ1) is 10.2. The van der Waals surface area contributed by atoms with E-state index >= 15 is 0 Å². The number of hydrogen-bond acceptors (Lipinski definition) is 2. The lowest BCUT2D eigenvalue weighted by atomic mass is 9.93. The second-order valence-electron chi connectivity index (χ2n) is 5.10. The van der Waals surface area contributed by atoms with Crippen molar-refractivity contribution in [3.05, 3.63) is 65.0 Å². The Morgan fingerprint density at radius 1 is 1.14 bits per heavy atom. The fourth-order valence-electron chi connectivity index (χ4n) is 2.54. The minimum absolute atomic E-state index is 0.206. The Balaban J connectivity index is 2.53. The van der Waals surface area contributed by atoms with E-state index in [1.54, 1.807) is 19.2 Å². The van der Waals surface area contributed by atoms with Gasteiger partial charge < -0.3 is 10.1 Å². The molecule has 0 saturated heterocycles. The molecule has 2 aromatic carbocycles. The lowest BCUT2D eigenvalue weighted by Gasteiger charge is -2.23. The van der Waals surface area contributed by atoms with Crippen molar-refractivity contribution in [1.82, 2.24) is 5.32 Å². The summed E-state index contributed by atoms with van der Waals surface area (Å²) < 4.78 is 19.8. The van der Waals surface area contributed by atoms with Gasteiger partial charge in [0.1, 0.15) is 11.6 Å². The fraction of sp³-hybridized carbons (Fsp3) is 0.333. The van der Waals surface area contributed by atoms with Crippen molar-refractivity contribution in [3.8, 4) is 5.75 Å². The van der Waals surface area contributed by atoms with Gasteiger partial charge in [-0.1, -0.05) is 37.3 Å². The maximum atomic E-state index is 14.4. The van der Waals surface area contributed by atoms with Crippen molar-refractivity contribution in [2.24, 2.45) is 0 Å². The van der Waals surface area contributed by atoms with Gasteiger partial charge in [-0.3, -0.25) is 0 Å². The first-order valence-electron chi connectivity index (χ1n) is 7.30. The van der Waals surface area contributed by atoms with E-state index in [1.807, 2.05) is 31.2 Å². The number of hydrogen-bond donors (Lipinski definition) is 1. The van der Waals surface area contributed by atoms with Crippen LogP contribution in [0.25, 0.3) is 0 Å². The van der Waals surface area contributed by atoms with Gasteiger partial charge in [-0.15, -0.1) is 0 Å². The first kappa shape index (κ1) is 15.5. The number of halogens is 1. The lowest BCUT2D eigenvalue weighted by molar-refractivity contribution is 0.396. The molecule has 2 aromatic rings. The molecule has 0 spiro atoms. The molecule has 112 valence electrons. The number of methoxy groups -OCH3 is 1. The van der Waals surface area contributed by atoms with E-state index in [-0.39, 0.29) is 11.9 Å². The molecule has 0 fully saturated rings. The molecule has 2 nitrogen and oxygen atoms in total. The lowest BCUT2D eigenvalue weighted by Crippen LogP contribution is -2.25. The van der Waals surface area contributed by atoms with Crippen molar-refractivity contribution in [3.63, 3.8) is 0 Å². The van der Waals surface area contributed by atoms with Crippen LogP contribution >= 0.6 is 0 Å². The summed E-state index contributed by atoms with van der Waals surface area (Å²) in [5.74, 6) is 0.332. The van der Waals surface area contributed by atoms with Crippen LogP contribution in [0.4, 0.5) is 4.39 Å². The second kappa shape index (κ2) is 7.23. The summed E-state index contributed by atoms with van der Waals surface area (Å²) in [6.07, 6.45) is 0.985. The summed E-state index contributed by atoms with van der Waals surface area (Å²) in [7, 11) is 1.58. The minimum atomic E-state index is -0.244. The molecule has 1 unspecified atom stereocenters. The molecular formula is C18H22FNO. The van der Waals surface area contributed by atoms with E-state index in [0.717, 1.165) is 24.1 Å². The molecule has 0 aliphatic carbocycles. The van der Waals surface area contributed by atoms with Gasteiger partial charge >= 0.3 is 0 Å². The number of ether oxygens (including phenoxy) is 1. The monoisotopic (exact) mass is 287 g/mol. The number of benzene rings is 2. The van der Waals surface area contributed by atoms with Crippen LogP contribution in [0.2, 0.25) is 0 Å². The molecule has 1 atom stereocenters. The SMILES string of the molecule is CCCNC(c1ccccc1C)c1c(F)cccc1OC. The van der Waals surface area contributed by atoms with Crippen molar-refractivity contribution in [2.75, 3.05) is 13.7 Å². The van der Waals surface area contributed by atoms with Crippen LogP contribution < -0.4 is 10.1 Å². The Bertz CT molecular complexity index is 598. The molecule has 0 saturated carbocycles. The molecular weight excluding hydrogens is 265 g/mol. The van der Waals surface area contributed by atoms with Gasteiger partial charge in [0, 0.05) is 0 Å². The molecule has 0 aliphatic rings. The molecule has 2 rings (SSSR count). The Labute approximate surface area is 126 Å². The highest BCUT2D eigenvalue weighted by Crippen LogP contribution is 2.33. The van der Waals surface area contributed by atoms with E-state index in [2.05, 4.69) is 12.2 Å². The predicted molar refractivity (Wildman–Crippen MR) is 84.3 cm³/mol. The number of rotatable bonds is 6. The molecule has 0 heterocycles. The summed E-state index contributed by atoms with van der Waals surface area (Å²) >= 11 is 0. The number of nitrogens with one attached hydrogen (secondary N) is 1. The van der Waals surface area contributed by atoms with Gasteiger partial charge in [0.25, 0.3) is 0 Å². The van der Waals surface area contributed by atoms with E-state index in [4.69, 9.17) is 4.74 Å². The van der Waals surface area contributed by atoms with Crippen LogP contribution in [0, 0.1) is 12.7 Å². The van der Waals surface area contributed by atoms with Gasteiger partial charge in [0.15, 0.2) is 0 Å². The van der Waals surface area contributed by atoms with E-state index < -0.39 is 0 Å². The second-order valence-corrected chi connectivity index (χ2v) is 5.10. The van der Waals surface area contributed by atoms with Crippen molar-refractivity contribution < 1.29 is 9.13 Å². The Morgan fingerprint density at radius 3 is 2.57 bits per heavy atom. The average molecular weight is 287 g/mol. The molecule has 1 N–H and O–H groups in total. The average Bonchev–Trinajstić information content (AvgIpc) is 2.50. The van der Waals surface area contributed by atoms with Crippen LogP contribution in [0.1, 0.15) is 36.1 Å². The smallest absolute Gasteiger partial charge is 0.132 e. The van der Waals surface area contributed by atoms with Crippen LogP contribution in [-0.4, -0.2) is 13.7 Å². The zero-order chi connectivity index (χ0) is 15.2. The van der Waals surface area contributed by atoms with Gasteiger partial charge in [-0.05, 0) is 43.1 Å². The van der Waals surface area contributed by atoms with Crippen LogP contribution in [0.5, 0.6) is 5.75 Å². The van der Waals surface area contributed by atoms with E-state index in [9.17, 15) is 4.39 Å². The van der Waals surface area contributed by atoms with Gasteiger partial charge in [-0.2, -0.15) is 0 Å². The highest BCUT2D eigenvalue weighted by atomic mass is 19.1. The van der Waals surface area contributed by atoms with Crippen molar-refractivity contribution >= 4 is 0 Å². The molecule has 0 radical (unpaired) electrons. The van der Waals surface area contributed by atoms with Gasteiger partial charge in [0.05, 0.1) is 18.7 Å². The third kappa shape index (κ3) is 3.42. The molecule has 0 aliphatic heterocycles. The maximum absolute atomic E-state index is 14.4. The number of aryl methyl sites for hydroxylation is 1. The summed E-state index contributed by atoms with van der Waals surface area (Å²) in [6.45, 7) is 4.96. The van der Waals surface area contributed by atoms with E-state index in [0.29, 0.717) is 11.3 Å². The van der Waals surface area contributed by atoms with Crippen LogP contribution in [0.15, 0.2) is 42.5 Å². The minimum Gasteiger partial charge on any atom is -0.496 e. The standard InChI is InChI=1S/C18H22FNO/c1-4-12-20-18(14-9-6-5-8-13(14)2)17-15(19)10-7-11-16(17)21-3/h5-11,18,20H,4,12H2,1-3H3. The third-order valence-electron chi connectivity index (χ3n) is 3.62. The van der Waals surface area contributed by atoms with Crippen molar-refractivity contribution in [2.45, 2.75) is 26.3 Å². The maximum Gasteiger partial charge on any atom is 0.132 e. The summed E-state index contributed by atoms with van der Waals surface area (Å²) in [5, 5.41) is 3.44. The van der Waals surface area contributed by atoms with Gasteiger partial charge in [-0.25, -0.2) is 4.39 Å². The first-order valence-corrected chi connectivity index (χ1v) is 7.30. The topological polar surface area (TPSA) is 21.3 Å². The zero-order valence-electron chi connectivity index (χ0n) is 12.8. The predicted octanol–water partition coefficient (Wildman–Crippen LogP) is 4.23. The van der Waals surface area contributed by atoms with E-state index in [1.165, 1.54) is 6.07 Å². The Kier molecular flexibility index (Phi) is 5.34. The Hall–Kier alpha value is -1.87. The van der Waals surface area contributed by atoms with Crippen LogP contribution in [0.3, 0.4) is 0 Å². The quantitative estimate of drug-likeness (QED) is 0.858. The largest absolute Gasteiger partial charge is 0.496 e. The molecule has 0 amide bonds. The Morgan fingerprint density at radius 2 is 1.90 bits per heavy atom. The molecule has 0 aromatic heterocycles. The van der Waals surface area contributed by atoms with Gasteiger partial charge in [0.2, 0.25) is 0 Å². The fourth-order valence-corrected chi connectivity index (χ4v) is 2.54.